The fourth-order valence-electron chi connectivity index (χ4n) is 2.90. The normalized spacial score (nSPS) is 11.6. The van der Waals surface area contributed by atoms with Gasteiger partial charge in [-0.1, -0.05) is 52.8 Å². The summed E-state index contributed by atoms with van der Waals surface area (Å²) in [6.07, 6.45) is 0.845. The van der Waals surface area contributed by atoms with Crippen LogP contribution in [0.25, 0.3) is 0 Å². The fraction of sp³-hybridized carbons (Fsp3) is 0.364. The first-order valence-electron chi connectivity index (χ1n) is 8.21. The molecular weight excluding hydrogens is 292 g/mol. The standard InChI is InChI=1S/C22H24N2/c1-21(2,3)20-11-17(10-18(12-20)15-24)13-22(4,5)19-8-6-16(14-23)7-9-19/h6-12H,13H2,1-5H3. The highest BCUT2D eigenvalue weighted by Gasteiger charge is 2.23. The van der Waals surface area contributed by atoms with Gasteiger partial charge in [0.25, 0.3) is 0 Å². The van der Waals surface area contributed by atoms with E-state index >= 15 is 0 Å². The second-order valence-corrected chi connectivity index (χ2v) is 8.03. The molecule has 122 valence electrons. The summed E-state index contributed by atoms with van der Waals surface area (Å²) in [6, 6.07) is 18.4. The van der Waals surface area contributed by atoms with Crippen LogP contribution in [0, 0.1) is 22.7 Å². The van der Waals surface area contributed by atoms with Gasteiger partial charge in [-0.15, -0.1) is 0 Å². The number of nitriles is 2. The smallest absolute Gasteiger partial charge is 0.0991 e. The summed E-state index contributed by atoms with van der Waals surface area (Å²) in [5, 5.41) is 18.3. The number of nitrogens with zero attached hydrogens (tertiary/aromatic N) is 2. The minimum atomic E-state index is -0.0722. The van der Waals surface area contributed by atoms with E-state index in [-0.39, 0.29) is 10.8 Å². The van der Waals surface area contributed by atoms with Crippen molar-refractivity contribution in [1.29, 1.82) is 10.5 Å². The molecule has 2 aromatic carbocycles. The van der Waals surface area contributed by atoms with Crippen LogP contribution in [0.4, 0.5) is 0 Å². The first-order chi connectivity index (χ1) is 11.2. The fourth-order valence-corrected chi connectivity index (χ4v) is 2.90. The quantitative estimate of drug-likeness (QED) is 0.776. The van der Waals surface area contributed by atoms with Crippen LogP contribution in [0.2, 0.25) is 0 Å². The molecule has 0 amide bonds. The molecule has 0 saturated carbocycles. The first kappa shape index (κ1) is 17.8. The SMILES string of the molecule is CC(C)(C)c1cc(C#N)cc(CC(C)(C)c2ccc(C#N)cc2)c1. The van der Waals surface area contributed by atoms with E-state index in [2.05, 4.69) is 52.8 Å². The molecule has 2 rings (SSSR count). The van der Waals surface area contributed by atoms with Crippen molar-refractivity contribution in [2.75, 3.05) is 0 Å². The number of hydrogen-bond acceptors (Lipinski definition) is 2. The van der Waals surface area contributed by atoms with Crippen molar-refractivity contribution in [2.45, 2.75) is 51.9 Å². The zero-order chi connectivity index (χ0) is 18.0. The molecule has 0 spiro atoms. The lowest BCUT2D eigenvalue weighted by Crippen LogP contribution is -2.21. The highest BCUT2D eigenvalue weighted by atomic mass is 14.3. The summed E-state index contributed by atoms with van der Waals surface area (Å²) < 4.78 is 0. The van der Waals surface area contributed by atoms with Crippen molar-refractivity contribution < 1.29 is 0 Å². The Balaban J connectivity index is 2.38. The van der Waals surface area contributed by atoms with Gasteiger partial charge in [-0.25, -0.2) is 0 Å². The van der Waals surface area contributed by atoms with E-state index in [9.17, 15) is 5.26 Å². The molecule has 0 N–H and O–H groups in total. The Morgan fingerprint density at radius 3 is 1.83 bits per heavy atom. The topological polar surface area (TPSA) is 47.6 Å². The Morgan fingerprint density at radius 2 is 1.33 bits per heavy atom. The third kappa shape index (κ3) is 4.03. The molecule has 0 aliphatic heterocycles. The molecular formula is C22H24N2. The Labute approximate surface area is 145 Å². The molecule has 0 aromatic heterocycles. The third-order valence-electron chi connectivity index (χ3n) is 4.43. The van der Waals surface area contributed by atoms with E-state index in [1.165, 1.54) is 16.7 Å². The van der Waals surface area contributed by atoms with Crippen LogP contribution in [0.5, 0.6) is 0 Å². The van der Waals surface area contributed by atoms with Gasteiger partial charge in [-0.3, -0.25) is 0 Å². The number of rotatable bonds is 3. The van der Waals surface area contributed by atoms with Gasteiger partial charge in [0.15, 0.2) is 0 Å². The van der Waals surface area contributed by atoms with Gasteiger partial charge in [0.05, 0.1) is 23.3 Å². The van der Waals surface area contributed by atoms with Gasteiger partial charge in [0, 0.05) is 0 Å². The van der Waals surface area contributed by atoms with E-state index in [4.69, 9.17) is 5.26 Å². The van der Waals surface area contributed by atoms with Gasteiger partial charge < -0.3 is 0 Å². The van der Waals surface area contributed by atoms with Crippen molar-refractivity contribution in [2.24, 2.45) is 0 Å². The zero-order valence-electron chi connectivity index (χ0n) is 15.1. The minimum absolute atomic E-state index is 0.0141. The molecule has 0 heterocycles. The molecule has 0 aliphatic carbocycles. The van der Waals surface area contributed by atoms with Crippen molar-refractivity contribution in [3.63, 3.8) is 0 Å². The predicted octanol–water partition coefficient (Wildman–Crippen LogP) is 5.25. The maximum atomic E-state index is 9.34. The highest BCUT2D eigenvalue weighted by molar-refractivity contribution is 5.42. The lowest BCUT2D eigenvalue weighted by molar-refractivity contribution is 0.520. The maximum Gasteiger partial charge on any atom is 0.0991 e. The molecule has 0 atom stereocenters. The van der Waals surface area contributed by atoms with Crippen LogP contribution in [-0.4, -0.2) is 0 Å². The predicted molar refractivity (Wildman–Crippen MR) is 97.7 cm³/mol. The largest absolute Gasteiger partial charge is 0.192 e. The molecule has 0 saturated heterocycles. The Kier molecular flexibility index (Phi) is 4.81. The average Bonchev–Trinajstić information content (AvgIpc) is 2.53. The van der Waals surface area contributed by atoms with Crippen LogP contribution in [0.15, 0.2) is 42.5 Å². The van der Waals surface area contributed by atoms with Crippen molar-refractivity contribution in [3.05, 3.63) is 70.3 Å². The van der Waals surface area contributed by atoms with Crippen LogP contribution in [-0.2, 0) is 17.3 Å². The highest BCUT2D eigenvalue weighted by Crippen LogP contribution is 2.31. The lowest BCUT2D eigenvalue weighted by atomic mass is 9.77. The van der Waals surface area contributed by atoms with Crippen molar-refractivity contribution in [1.82, 2.24) is 0 Å². The summed E-state index contributed by atoms with van der Waals surface area (Å²) >= 11 is 0. The Morgan fingerprint density at radius 1 is 0.750 bits per heavy atom. The van der Waals surface area contributed by atoms with E-state index in [0.29, 0.717) is 11.1 Å². The second-order valence-electron chi connectivity index (χ2n) is 8.03. The van der Waals surface area contributed by atoms with E-state index < -0.39 is 0 Å². The average molecular weight is 316 g/mol. The molecule has 2 heteroatoms. The van der Waals surface area contributed by atoms with Crippen LogP contribution in [0.1, 0.15) is 62.4 Å². The molecule has 2 nitrogen and oxygen atoms in total. The summed E-state index contributed by atoms with van der Waals surface area (Å²) in [6.45, 7) is 10.9. The van der Waals surface area contributed by atoms with Crippen LogP contribution < -0.4 is 0 Å². The van der Waals surface area contributed by atoms with Gasteiger partial charge >= 0.3 is 0 Å². The molecule has 0 bridgehead atoms. The summed E-state index contributed by atoms with van der Waals surface area (Å²) in [5.74, 6) is 0. The molecule has 0 aliphatic rings. The van der Waals surface area contributed by atoms with Gasteiger partial charge in [0.2, 0.25) is 0 Å². The van der Waals surface area contributed by atoms with Crippen molar-refractivity contribution >= 4 is 0 Å². The first-order valence-corrected chi connectivity index (χ1v) is 8.21. The summed E-state index contributed by atoms with van der Waals surface area (Å²) in [4.78, 5) is 0. The third-order valence-corrected chi connectivity index (χ3v) is 4.43. The van der Waals surface area contributed by atoms with E-state index in [1.54, 1.807) is 0 Å². The number of hydrogen-bond donors (Lipinski definition) is 0. The summed E-state index contributed by atoms with van der Waals surface area (Å²) in [7, 11) is 0. The van der Waals surface area contributed by atoms with Crippen LogP contribution in [0.3, 0.4) is 0 Å². The minimum Gasteiger partial charge on any atom is -0.192 e. The molecule has 2 aromatic rings. The molecule has 0 fully saturated rings. The molecule has 0 unspecified atom stereocenters. The van der Waals surface area contributed by atoms with Crippen LogP contribution >= 0.6 is 0 Å². The number of benzene rings is 2. The lowest BCUT2D eigenvalue weighted by Gasteiger charge is -2.27. The van der Waals surface area contributed by atoms with Gasteiger partial charge in [-0.2, -0.15) is 10.5 Å². The van der Waals surface area contributed by atoms with Gasteiger partial charge in [0.1, 0.15) is 0 Å². The molecule has 24 heavy (non-hydrogen) atoms. The van der Waals surface area contributed by atoms with E-state index in [1.807, 2.05) is 36.4 Å². The monoisotopic (exact) mass is 316 g/mol. The maximum absolute atomic E-state index is 9.34. The Hall–Kier alpha value is -2.58. The van der Waals surface area contributed by atoms with Gasteiger partial charge in [-0.05, 0) is 58.2 Å². The van der Waals surface area contributed by atoms with Crippen molar-refractivity contribution in [3.8, 4) is 12.1 Å². The van der Waals surface area contributed by atoms with E-state index in [0.717, 1.165) is 6.42 Å². The molecule has 0 radical (unpaired) electrons. The Bertz CT molecular complexity index is 807. The second kappa shape index (κ2) is 6.50. The summed E-state index contributed by atoms with van der Waals surface area (Å²) in [5.41, 5.74) is 4.89. The zero-order valence-corrected chi connectivity index (χ0v) is 15.1.